The fraction of sp³-hybridized carbons (Fsp3) is 0.526. The first-order chi connectivity index (χ1) is 11.3. The van der Waals surface area contributed by atoms with Crippen molar-refractivity contribution in [2.24, 2.45) is 0 Å². The molecule has 1 aromatic carbocycles. The third-order valence-electron chi connectivity index (χ3n) is 5.33. The van der Waals surface area contributed by atoms with Crippen LogP contribution in [0.3, 0.4) is 0 Å². The van der Waals surface area contributed by atoms with Gasteiger partial charge in [0.2, 0.25) is 5.91 Å². The minimum absolute atomic E-state index is 0.0798. The molecule has 0 unspecified atom stereocenters. The summed E-state index contributed by atoms with van der Waals surface area (Å²) in [5.74, 6) is 0.0798. The highest BCUT2D eigenvalue weighted by molar-refractivity contribution is 6.63. The average molecular weight is 327 g/mol. The topological polar surface area (TPSA) is 38.8 Å². The van der Waals surface area contributed by atoms with Crippen LogP contribution in [-0.2, 0) is 14.1 Å². The fourth-order valence-electron chi connectivity index (χ4n) is 3.05. The minimum Gasteiger partial charge on any atom is -0.399 e. The van der Waals surface area contributed by atoms with Crippen molar-refractivity contribution in [3.05, 3.63) is 35.9 Å². The Balaban J connectivity index is 1.80. The molecule has 2 heterocycles. The van der Waals surface area contributed by atoms with Gasteiger partial charge >= 0.3 is 7.12 Å². The van der Waals surface area contributed by atoms with Gasteiger partial charge in [-0.1, -0.05) is 24.3 Å². The van der Waals surface area contributed by atoms with Crippen LogP contribution in [0, 0.1) is 0 Å². The standard InChI is InChI=1S/C19H26BNO3/c1-18(2)19(3,4)24-20(23-18)16-10-6-5-9-15(16)11-12-17(22)21-13-7-8-14-21/h5-6,9-12H,7-8,13-14H2,1-4H3/b12-11+. The van der Waals surface area contributed by atoms with Crippen molar-refractivity contribution in [3.63, 3.8) is 0 Å². The maximum atomic E-state index is 12.2. The Morgan fingerprint density at radius 3 is 2.29 bits per heavy atom. The molecule has 2 saturated heterocycles. The van der Waals surface area contributed by atoms with E-state index in [2.05, 4.69) is 0 Å². The largest absolute Gasteiger partial charge is 0.495 e. The molecule has 0 saturated carbocycles. The molecule has 128 valence electrons. The molecule has 3 rings (SSSR count). The molecule has 2 aliphatic heterocycles. The lowest BCUT2D eigenvalue weighted by Gasteiger charge is -2.32. The number of hydrogen-bond acceptors (Lipinski definition) is 3. The van der Waals surface area contributed by atoms with Gasteiger partial charge in [-0.25, -0.2) is 0 Å². The smallest absolute Gasteiger partial charge is 0.399 e. The van der Waals surface area contributed by atoms with E-state index in [4.69, 9.17) is 9.31 Å². The van der Waals surface area contributed by atoms with E-state index in [1.807, 2.05) is 62.9 Å². The number of carbonyl (C=O) groups excluding carboxylic acids is 1. The number of benzene rings is 1. The van der Waals surface area contributed by atoms with Crippen molar-refractivity contribution in [1.29, 1.82) is 0 Å². The van der Waals surface area contributed by atoms with Crippen molar-refractivity contribution in [2.75, 3.05) is 13.1 Å². The Morgan fingerprint density at radius 2 is 1.67 bits per heavy atom. The van der Waals surface area contributed by atoms with E-state index in [1.54, 1.807) is 6.08 Å². The molecule has 4 nitrogen and oxygen atoms in total. The van der Waals surface area contributed by atoms with Gasteiger partial charge in [-0.05, 0) is 57.6 Å². The number of likely N-dealkylation sites (tertiary alicyclic amines) is 1. The molecular weight excluding hydrogens is 301 g/mol. The molecule has 1 aromatic rings. The Hall–Kier alpha value is -1.59. The van der Waals surface area contributed by atoms with Crippen LogP contribution < -0.4 is 5.46 Å². The van der Waals surface area contributed by atoms with Gasteiger partial charge in [0.15, 0.2) is 0 Å². The van der Waals surface area contributed by atoms with Crippen LogP contribution in [0.25, 0.3) is 6.08 Å². The second kappa shape index (κ2) is 6.38. The molecule has 0 bridgehead atoms. The number of carbonyl (C=O) groups is 1. The second-order valence-corrected chi connectivity index (χ2v) is 7.58. The summed E-state index contributed by atoms with van der Waals surface area (Å²) >= 11 is 0. The SMILES string of the molecule is CC1(C)OB(c2ccccc2/C=C/C(=O)N2CCCC2)OC1(C)C. The van der Waals surface area contributed by atoms with Gasteiger partial charge in [0.25, 0.3) is 0 Å². The predicted molar refractivity (Wildman–Crippen MR) is 97.0 cm³/mol. The summed E-state index contributed by atoms with van der Waals surface area (Å²) in [5, 5.41) is 0. The first kappa shape index (κ1) is 17.2. The van der Waals surface area contributed by atoms with Crippen molar-refractivity contribution in [1.82, 2.24) is 4.90 Å². The van der Waals surface area contributed by atoms with Crippen LogP contribution >= 0.6 is 0 Å². The number of rotatable bonds is 3. The second-order valence-electron chi connectivity index (χ2n) is 7.58. The molecule has 0 aliphatic carbocycles. The summed E-state index contributed by atoms with van der Waals surface area (Å²) in [4.78, 5) is 14.1. The van der Waals surface area contributed by atoms with Gasteiger partial charge in [0.1, 0.15) is 0 Å². The maximum absolute atomic E-state index is 12.2. The predicted octanol–water partition coefficient (Wildman–Crippen LogP) is 2.62. The maximum Gasteiger partial charge on any atom is 0.495 e. The van der Waals surface area contributed by atoms with Gasteiger partial charge in [0, 0.05) is 19.2 Å². The Morgan fingerprint density at radius 1 is 1.08 bits per heavy atom. The quantitative estimate of drug-likeness (QED) is 0.633. The zero-order chi connectivity index (χ0) is 17.4. The van der Waals surface area contributed by atoms with Crippen molar-refractivity contribution >= 4 is 24.6 Å². The molecule has 5 heteroatoms. The first-order valence-electron chi connectivity index (χ1n) is 8.72. The number of hydrogen-bond donors (Lipinski definition) is 0. The van der Waals surface area contributed by atoms with Crippen LogP contribution in [0.1, 0.15) is 46.1 Å². The summed E-state index contributed by atoms with van der Waals surface area (Å²) in [5.41, 5.74) is 1.17. The molecule has 1 amide bonds. The van der Waals surface area contributed by atoms with Gasteiger partial charge in [-0.3, -0.25) is 4.79 Å². The van der Waals surface area contributed by atoms with Gasteiger partial charge in [-0.15, -0.1) is 0 Å². The molecule has 0 radical (unpaired) electrons. The molecule has 0 N–H and O–H groups in total. The van der Waals surface area contributed by atoms with E-state index in [1.165, 1.54) is 0 Å². The van der Waals surface area contributed by atoms with Gasteiger partial charge in [0.05, 0.1) is 11.2 Å². The van der Waals surface area contributed by atoms with Crippen LogP contribution in [0.2, 0.25) is 0 Å². The highest BCUT2D eigenvalue weighted by Gasteiger charge is 2.52. The summed E-state index contributed by atoms with van der Waals surface area (Å²) < 4.78 is 12.3. The van der Waals surface area contributed by atoms with Gasteiger partial charge in [-0.2, -0.15) is 0 Å². The summed E-state index contributed by atoms with van der Waals surface area (Å²) in [6, 6.07) is 7.94. The molecule has 0 atom stereocenters. The number of nitrogens with zero attached hydrogens (tertiary/aromatic N) is 1. The van der Waals surface area contributed by atoms with E-state index in [0.29, 0.717) is 0 Å². The molecule has 2 aliphatic rings. The van der Waals surface area contributed by atoms with Crippen LogP contribution in [0.5, 0.6) is 0 Å². The van der Waals surface area contributed by atoms with E-state index in [-0.39, 0.29) is 17.1 Å². The van der Waals surface area contributed by atoms with Crippen LogP contribution in [0.4, 0.5) is 0 Å². The minimum atomic E-state index is -0.419. The van der Waals surface area contributed by atoms with E-state index >= 15 is 0 Å². The highest BCUT2D eigenvalue weighted by atomic mass is 16.7. The Bertz CT molecular complexity index is 632. The lowest BCUT2D eigenvalue weighted by Crippen LogP contribution is -2.41. The summed E-state index contributed by atoms with van der Waals surface area (Å²) in [6.45, 7) is 9.90. The highest BCUT2D eigenvalue weighted by Crippen LogP contribution is 2.36. The fourth-order valence-corrected chi connectivity index (χ4v) is 3.05. The molecule has 0 spiro atoms. The van der Waals surface area contributed by atoms with Crippen molar-refractivity contribution < 1.29 is 14.1 Å². The molecule has 24 heavy (non-hydrogen) atoms. The normalized spacial score (nSPS) is 22.5. The van der Waals surface area contributed by atoms with Crippen molar-refractivity contribution in [2.45, 2.75) is 51.7 Å². The van der Waals surface area contributed by atoms with E-state index in [9.17, 15) is 4.79 Å². The van der Waals surface area contributed by atoms with E-state index < -0.39 is 7.12 Å². The van der Waals surface area contributed by atoms with Crippen LogP contribution in [0.15, 0.2) is 30.3 Å². The van der Waals surface area contributed by atoms with E-state index in [0.717, 1.165) is 37.0 Å². The zero-order valence-corrected chi connectivity index (χ0v) is 15.0. The molecule has 2 fully saturated rings. The summed E-state index contributed by atoms with van der Waals surface area (Å²) in [6.07, 6.45) is 5.74. The average Bonchev–Trinajstić information content (AvgIpc) is 3.12. The first-order valence-corrected chi connectivity index (χ1v) is 8.72. The number of amides is 1. The molecule has 0 aromatic heterocycles. The monoisotopic (exact) mass is 327 g/mol. The van der Waals surface area contributed by atoms with Crippen molar-refractivity contribution in [3.8, 4) is 0 Å². The third-order valence-corrected chi connectivity index (χ3v) is 5.33. The third kappa shape index (κ3) is 3.28. The Labute approximate surface area is 145 Å². The lowest BCUT2D eigenvalue weighted by atomic mass is 9.76. The zero-order valence-electron chi connectivity index (χ0n) is 15.0. The van der Waals surface area contributed by atoms with Gasteiger partial charge < -0.3 is 14.2 Å². The van der Waals surface area contributed by atoms with Crippen LogP contribution in [-0.4, -0.2) is 42.2 Å². The summed E-state index contributed by atoms with van der Waals surface area (Å²) in [7, 11) is -0.419. The lowest BCUT2D eigenvalue weighted by molar-refractivity contribution is -0.124. The Kier molecular flexibility index (Phi) is 4.58. The molecular formula is C19H26BNO3.